The lowest BCUT2D eigenvalue weighted by molar-refractivity contribution is 0.593. The number of hydrogen-bond acceptors (Lipinski definition) is 5. The standard InChI is InChI=1S/C18H17BrN4O4S/c1-22(28(26,27)13-8-3-2-4-9-13)15-16(20)23(18(25)21-17(15)24)11-12-7-5-6-10-14(12)19/h2-10H,11,20H2,1H3,(H,21,24,25). The van der Waals surface area contributed by atoms with E-state index in [1.165, 1.54) is 19.2 Å². The minimum absolute atomic E-state index is 0.000135. The maximum absolute atomic E-state index is 12.9. The van der Waals surface area contributed by atoms with Crippen LogP contribution in [-0.4, -0.2) is 25.0 Å². The third kappa shape index (κ3) is 3.60. The summed E-state index contributed by atoms with van der Waals surface area (Å²) in [7, 11) is -2.82. The molecule has 0 spiro atoms. The van der Waals surface area contributed by atoms with E-state index >= 15 is 0 Å². The number of nitrogens with zero attached hydrogens (tertiary/aromatic N) is 2. The average Bonchev–Trinajstić information content (AvgIpc) is 2.67. The van der Waals surface area contributed by atoms with Crippen LogP contribution in [0.1, 0.15) is 5.56 Å². The van der Waals surface area contributed by atoms with Gasteiger partial charge in [-0.15, -0.1) is 0 Å². The normalized spacial score (nSPS) is 11.4. The number of halogens is 1. The quantitative estimate of drug-likeness (QED) is 0.596. The molecule has 0 atom stereocenters. The third-order valence-corrected chi connectivity index (χ3v) is 6.76. The van der Waals surface area contributed by atoms with Crippen LogP contribution in [0.5, 0.6) is 0 Å². The first-order valence-corrected chi connectivity index (χ1v) is 10.4. The maximum atomic E-state index is 12.9. The first kappa shape index (κ1) is 19.9. The summed E-state index contributed by atoms with van der Waals surface area (Å²) in [5.74, 6) is -0.244. The zero-order valence-electron chi connectivity index (χ0n) is 14.8. The lowest BCUT2D eigenvalue weighted by Crippen LogP contribution is -2.39. The van der Waals surface area contributed by atoms with E-state index < -0.39 is 21.3 Å². The number of hydrogen-bond donors (Lipinski definition) is 2. The minimum atomic E-state index is -4.04. The van der Waals surface area contributed by atoms with Crippen molar-refractivity contribution in [1.29, 1.82) is 0 Å². The summed E-state index contributed by atoms with van der Waals surface area (Å²) in [5, 5.41) is 0. The molecule has 8 nitrogen and oxygen atoms in total. The number of sulfonamides is 1. The van der Waals surface area contributed by atoms with Crippen molar-refractivity contribution in [2.45, 2.75) is 11.4 Å². The van der Waals surface area contributed by atoms with E-state index in [2.05, 4.69) is 20.9 Å². The van der Waals surface area contributed by atoms with E-state index in [-0.39, 0.29) is 22.9 Å². The lowest BCUT2D eigenvalue weighted by atomic mass is 10.2. The van der Waals surface area contributed by atoms with E-state index in [0.29, 0.717) is 0 Å². The zero-order chi connectivity index (χ0) is 20.5. The van der Waals surface area contributed by atoms with Crippen molar-refractivity contribution in [3.05, 3.63) is 85.5 Å². The van der Waals surface area contributed by atoms with Crippen LogP contribution in [0.4, 0.5) is 11.5 Å². The molecule has 3 N–H and O–H groups in total. The molecular formula is C18H17BrN4O4S. The van der Waals surface area contributed by atoms with Crippen LogP contribution in [0.3, 0.4) is 0 Å². The number of anilines is 2. The first-order valence-electron chi connectivity index (χ1n) is 8.13. The first-order chi connectivity index (χ1) is 13.2. The summed E-state index contributed by atoms with van der Waals surface area (Å²) in [6.45, 7) is 0.0507. The Bertz CT molecular complexity index is 1240. The Balaban J connectivity index is 2.14. The van der Waals surface area contributed by atoms with E-state index in [9.17, 15) is 18.0 Å². The molecule has 0 bridgehead atoms. The van der Waals surface area contributed by atoms with Gasteiger partial charge < -0.3 is 5.73 Å². The summed E-state index contributed by atoms with van der Waals surface area (Å²) in [6, 6.07) is 14.8. The maximum Gasteiger partial charge on any atom is 0.330 e. The van der Waals surface area contributed by atoms with Crippen molar-refractivity contribution in [3.8, 4) is 0 Å². The van der Waals surface area contributed by atoms with Crippen LogP contribution in [0, 0.1) is 0 Å². The number of nitrogen functional groups attached to an aromatic ring is 1. The van der Waals surface area contributed by atoms with E-state index in [1.54, 1.807) is 36.4 Å². The fourth-order valence-electron chi connectivity index (χ4n) is 2.71. The molecule has 0 saturated carbocycles. The van der Waals surface area contributed by atoms with Crippen LogP contribution >= 0.6 is 15.9 Å². The Morgan fingerprint density at radius 1 is 1.07 bits per heavy atom. The molecule has 0 fully saturated rings. The van der Waals surface area contributed by atoms with E-state index in [4.69, 9.17) is 5.73 Å². The third-order valence-electron chi connectivity index (χ3n) is 4.22. The van der Waals surface area contributed by atoms with Gasteiger partial charge in [0.15, 0.2) is 5.69 Å². The largest absolute Gasteiger partial charge is 0.383 e. The SMILES string of the molecule is CN(c1c(N)n(Cc2ccccc2Br)c(=O)[nH]c1=O)S(=O)(=O)c1ccccc1. The Kier molecular flexibility index (Phi) is 5.43. The van der Waals surface area contributed by atoms with Gasteiger partial charge in [0.25, 0.3) is 15.6 Å². The molecule has 0 aliphatic rings. The van der Waals surface area contributed by atoms with Gasteiger partial charge in [-0.05, 0) is 23.8 Å². The van der Waals surface area contributed by atoms with Gasteiger partial charge >= 0.3 is 5.69 Å². The number of benzene rings is 2. The zero-order valence-corrected chi connectivity index (χ0v) is 17.2. The number of nitrogens with one attached hydrogen (secondary N) is 1. The minimum Gasteiger partial charge on any atom is -0.383 e. The molecule has 0 unspecified atom stereocenters. The Labute approximate surface area is 169 Å². The number of aromatic amines is 1. The summed E-state index contributed by atoms with van der Waals surface area (Å²) in [5.41, 5.74) is 4.88. The van der Waals surface area contributed by atoms with Gasteiger partial charge in [-0.1, -0.05) is 52.3 Å². The highest BCUT2D eigenvalue weighted by Crippen LogP contribution is 2.24. The van der Waals surface area contributed by atoms with Crippen LogP contribution in [0.15, 0.2) is 73.6 Å². The Morgan fingerprint density at radius 3 is 2.32 bits per heavy atom. The van der Waals surface area contributed by atoms with Gasteiger partial charge in [-0.25, -0.2) is 13.2 Å². The van der Waals surface area contributed by atoms with E-state index in [0.717, 1.165) is 18.9 Å². The molecule has 3 aromatic rings. The fraction of sp³-hybridized carbons (Fsp3) is 0.111. The summed E-state index contributed by atoms with van der Waals surface area (Å²) < 4.78 is 28.4. The molecule has 1 heterocycles. The predicted octanol–water partition coefficient (Wildman–Crippen LogP) is 1.75. The predicted molar refractivity (Wildman–Crippen MR) is 111 cm³/mol. The highest BCUT2D eigenvalue weighted by Gasteiger charge is 2.27. The summed E-state index contributed by atoms with van der Waals surface area (Å²) >= 11 is 3.39. The molecule has 3 rings (SSSR count). The molecule has 146 valence electrons. The molecule has 10 heteroatoms. The molecular weight excluding hydrogens is 448 g/mol. The van der Waals surface area contributed by atoms with Gasteiger partial charge in [-0.3, -0.25) is 18.7 Å². The molecule has 0 amide bonds. The molecule has 1 aromatic heterocycles. The highest BCUT2D eigenvalue weighted by molar-refractivity contribution is 9.10. The molecule has 0 aliphatic heterocycles. The van der Waals surface area contributed by atoms with Crippen LogP contribution in [0.2, 0.25) is 0 Å². The van der Waals surface area contributed by atoms with Crippen molar-refractivity contribution in [2.24, 2.45) is 0 Å². The van der Waals surface area contributed by atoms with Crippen molar-refractivity contribution in [1.82, 2.24) is 9.55 Å². The fourth-order valence-corrected chi connectivity index (χ4v) is 4.35. The van der Waals surface area contributed by atoms with Crippen LogP contribution in [-0.2, 0) is 16.6 Å². The number of H-pyrrole nitrogens is 1. The van der Waals surface area contributed by atoms with Gasteiger partial charge in [0.1, 0.15) is 5.82 Å². The molecule has 2 aromatic carbocycles. The second kappa shape index (κ2) is 7.64. The van der Waals surface area contributed by atoms with Crippen molar-refractivity contribution >= 4 is 37.5 Å². The Morgan fingerprint density at radius 2 is 1.68 bits per heavy atom. The second-order valence-electron chi connectivity index (χ2n) is 5.96. The van der Waals surface area contributed by atoms with Gasteiger partial charge in [0, 0.05) is 11.5 Å². The molecule has 0 saturated heterocycles. The number of nitrogens with two attached hydrogens (primary N) is 1. The molecule has 0 radical (unpaired) electrons. The smallest absolute Gasteiger partial charge is 0.330 e. The number of aromatic nitrogens is 2. The van der Waals surface area contributed by atoms with Crippen molar-refractivity contribution in [3.63, 3.8) is 0 Å². The summed E-state index contributed by atoms with van der Waals surface area (Å²) in [6.07, 6.45) is 0. The van der Waals surface area contributed by atoms with Crippen molar-refractivity contribution < 1.29 is 8.42 Å². The average molecular weight is 465 g/mol. The second-order valence-corrected chi connectivity index (χ2v) is 8.78. The molecule has 0 aliphatic carbocycles. The molecule has 28 heavy (non-hydrogen) atoms. The monoisotopic (exact) mass is 464 g/mol. The van der Waals surface area contributed by atoms with Crippen molar-refractivity contribution in [2.75, 3.05) is 17.1 Å². The highest BCUT2D eigenvalue weighted by atomic mass is 79.9. The topological polar surface area (TPSA) is 118 Å². The number of rotatable bonds is 5. The van der Waals surface area contributed by atoms with Gasteiger partial charge in [0.05, 0.1) is 11.4 Å². The van der Waals surface area contributed by atoms with E-state index in [1.807, 2.05) is 6.07 Å². The summed E-state index contributed by atoms with van der Waals surface area (Å²) in [4.78, 5) is 26.8. The van der Waals surface area contributed by atoms with Crippen LogP contribution < -0.4 is 21.3 Å². The van der Waals surface area contributed by atoms with Gasteiger partial charge in [-0.2, -0.15) is 0 Å². The Hall–Kier alpha value is -2.85. The van der Waals surface area contributed by atoms with Crippen LogP contribution in [0.25, 0.3) is 0 Å². The van der Waals surface area contributed by atoms with Gasteiger partial charge in [0.2, 0.25) is 0 Å². The lowest BCUT2D eigenvalue weighted by Gasteiger charge is -2.22.